The molecule has 0 spiro atoms. The van der Waals surface area contributed by atoms with Gasteiger partial charge < -0.3 is 19.4 Å². The van der Waals surface area contributed by atoms with E-state index < -0.39 is 0 Å². The third-order valence-corrected chi connectivity index (χ3v) is 8.85. The smallest absolute Gasteiger partial charge is 0.410 e. The zero-order chi connectivity index (χ0) is 26.3. The number of hydrogen-bond donors (Lipinski definition) is 0. The summed E-state index contributed by atoms with van der Waals surface area (Å²) in [5.41, 5.74) is 1.81. The van der Waals surface area contributed by atoms with Gasteiger partial charge in [-0.3, -0.25) is 4.79 Å². The van der Waals surface area contributed by atoms with E-state index in [-0.39, 0.29) is 18.0 Å². The molecular weight excluding hydrogens is 474 g/mol. The molecule has 1 heterocycles. The maximum atomic E-state index is 13.0. The summed E-state index contributed by atoms with van der Waals surface area (Å²) in [4.78, 5) is 32.5. The molecule has 6 nitrogen and oxygen atoms in total. The fraction of sp³-hybridized carbons (Fsp3) is 0.562. The number of piperidine rings is 1. The van der Waals surface area contributed by atoms with Crippen LogP contribution < -0.4 is 0 Å². The second-order valence-corrected chi connectivity index (χ2v) is 11.6. The number of amides is 2. The van der Waals surface area contributed by atoms with Gasteiger partial charge in [0.05, 0.1) is 0 Å². The van der Waals surface area contributed by atoms with E-state index in [1.165, 1.54) is 25.7 Å². The van der Waals surface area contributed by atoms with Gasteiger partial charge in [0, 0.05) is 44.3 Å². The van der Waals surface area contributed by atoms with Crippen LogP contribution in [0.15, 0.2) is 60.7 Å². The lowest BCUT2D eigenvalue weighted by Crippen LogP contribution is -2.48. The van der Waals surface area contributed by atoms with Gasteiger partial charge in [-0.15, -0.1) is 0 Å². The molecule has 38 heavy (non-hydrogen) atoms. The highest BCUT2D eigenvalue weighted by molar-refractivity contribution is 5.94. The van der Waals surface area contributed by atoms with E-state index >= 15 is 0 Å². The molecule has 2 saturated carbocycles. The number of rotatable bonds is 10. The number of hydrogen-bond acceptors (Lipinski definition) is 4. The monoisotopic (exact) mass is 517 g/mol. The minimum Gasteiger partial charge on any atom is -0.445 e. The molecule has 204 valence electrons. The molecule has 2 aromatic rings. The van der Waals surface area contributed by atoms with Crippen LogP contribution in [0.2, 0.25) is 0 Å². The van der Waals surface area contributed by atoms with Gasteiger partial charge in [-0.05, 0) is 87.4 Å². The van der Waals surface area contributed by atoms with Crippen molar-refractivity contribution in [3.63, 3.8) is 0 Å². The Balaban J connectivity index is 1.04. The fourth-order valence-corrected chi connectivity index (χ4v) is 6.19. The van der Waals surface area contributed by atoms with Gasteiger partial charge >= 0.3 is 6.09 Å². The average Bonchev–Trinajstić information content (AvgIpc) is 3.67. The quantitative estimate of drug-likeness (QED) is 0.398. The van der Waals surface area contributed by atoms with E-state index in [9.17, 15) is 9.59 Å². The highest BCUT2D eigenvalue weighted by Crippen LogP contribution is 2.34. The van der Waals surface area contributed by atoms with Crippen molar-refractivity contribution in [2.75, 3.05) is 33.2 Å². The fourth-order valence-electron chi connectivity index (χ4n) is 6.19. The predicted molar refractivity (Wildman–Crippen MR) is 150 cm³/mol. The first-order valence-electron chi connectivity index (χ1n) is 14.6. The minimum absolute atomic E-state index is 0.136. The summed E-state index contributed by atoms with van der Waals surface area (Å²) in [5.74, 6) is 1.47. The van der Waals surface area contributed by atoms with Crippen molar-refractivity contribution in [3.8, 4) is 0 Å². The standard InChI is InChI=1S/C32H43N3O3/c1-33(31(36)28-10-6-3-7-11-28)30-15-14-25(22-30)16-19-34-20-17-29(18-21-34)35(23-26-12-13-26)32(37)38-24-27-8-4-2-5-9-27/h2-11,25-26,29-30H,12-24H2,1H3/t25-,30?/m0/s1. The van der Waals surface area contributed by atoms with E-state index in [0.717, 1.165) is 63.0 Å². The number of ether oxygens (including phenoxy) is 1. The summed E-state index contributed by atoms with van der Waals surface area (Å²) in [6, 6.07) is 20.2. The number of benzene rings is 2. The van der Waals surface area contributed by atoms with E-state index in [0.29, 0.717) is 24.5 Å². The summed E-state index contributed by atoms with van der Waals surface area (Å²) in [5, 5.41) is 0. The van der Waals surface area contributed by atoms with Crippen molar-refractivity contribution >= 4 is 12.0 Å². The van der Waals surface area contributed by atoms with Crippen molar-refractivity contribution in [2.24, 2.45) is 11.8 Å². The third kappa shape index (κ3) is 7.16. The lowest BCUT2D eigenvalue weighted by Gasteiger charge is -2.38. The Hall–Kier alpha value is -2.86. The van der Waals surface area contributed by atoms with Gasteiger partial charge in [0.1, 0.15) is 6.61 Å². The molecule has 0 aromatic heterocycles. The molecule has 0 N–H and O–H groups in total. The molecule has 2 atom stereocenters. The van der Waals surface area contributed by atoms with Crippen LogP contribution in [0.25, 0.3) is 0 Å². The molecule has 2 aliphatic carbocycles. The van der Waals surface area contributed by atoms with Crippen molar-refractivity contribution in [1.82, 2.24) is 14.7 Å². The molecule has 3 fully saturated rings. The Kier molecular flexibility index (Phi) is 9.00. The van der Waals surface area contributed by atoms with Gasteiger partial charge in [0.2, 0.25) is 0 Å². The topological polar surface area (TPSA) is 53.1 Å². The lowest BCUT2D eigenvalue weighted by atomic mass is 10.00. The molecule has 1 saturated heterocycles. The SMILES string of the molecule is CN(C(=O)c1ccccc1)C1CC[C@@H](CCN2CCC(N(CC3CC3)C(=O)OCc3ccccc3)CC2)C1. The Morgan fingerprint density at radius 2 is 1.50 bits per heavy atom. The van der Waals surface area contributed by atoms with Gasteiger partial charge in [0.25, 0.3) is 5.91 Å². The first-order chi connectivity index (χ1) is 18.6. The average molecular weight is 518 g/mol. The third-order valence-electron chi connectivity index (χ3n) is 8.85. The molecule has 2 aromatic carbocycles. The van der Waals surface area contributed by atoms with Crippen LogP contribution in [0, 0.1) is 11.8 Å². The summed E-state index contributed by atoms with van der Waals surface area (Å²) in [6.45, 7) is 4.38. The summed E-state index contributed by atoms with van der Waals surface area (Å²) in [6.07, 6.45) is 8.96. The lowest BCUT2D eigenvalue weighted by molar-refractivity contribution is 0.0577. The molecule has 1 unspecified atom stereocenters. The van der Waals surface area contributed by atoms with Gasteiger partial charge in [0.15, 0.2) is 0 Å². The summed E-state index contributed by atoms with van der Waals surface area (Å²) >= 11 is 0. The normalized spacial score (nSPS) is 22.2. The van der Waals surface area contributed by atoms with Crippen LogP contribution in [0.1, 0.15) is 67.3 Å². The Morgan fingerprint density at radius 3 is 2.18 bits per heavy atom. The van der Waals surface area contributed by atoms with E-state index in [2.05, 4.69) is 4.90 Å². The molecule has 0 bridgehead atoms. The van der Waals surface area contributed by atoms with Crippen molar-refractivity contribution in [2.45, 2.75) is 70.1 Å². The van der Waals surface area contributed by atoms with Crippen LogP contribution in [-0.4, -0.2) is 72.0 Å². The predicted octanol–water partition coefficient (Wildman–Crippen LogP) is 5.83. The number of carbonyl (C=O) groups is 2. The Labute approximate surface area is 227 Å². The van der Waals surface area contributed by atoms with Crippen molar-refractivity contribution in [3.05, 3.63) is 71.8 Å². The molecule has 0 radical (unpaired) electrons. The number of carbonyl (C=O) groups excluding carboxylic acids is 2. The van der Waals surface area contributed by atoms with Gasteiger partial charge in [-0.1, -0.05) is 48.5 Å². The van der Waals surface area contributed by atoms with Gasteiger partial charge in [-0.2, -0.15) is 0 Å². The Bertz CT molecular complexity index is 1030. The van der Waals surface area contributed by atoms with E-state index in [1.54, 1.807) is 0 Å². The Morgan fingerprint density at radius 1 is 0.842 bits per heavy atom. The molecule has 5 rings (SSSR count). The van der Waals surface area contributed by atoms with Crippen LogP contribution in [0.4, 0.5) is 4.79 Å². The highest BCUT2D eigenvalue weighted by atomic mass is 16.6. The molecular formula is C32H43N3O3. The first-order valence-corrected chi connectivity index (χ1v) is 14.6. The number of likely N-dealkylation sites (tertiary alicyclic amines) is 1. The van der Waals surface area contributed by atoms with Crippen LogP contribution in [0.3, 0.4) is 0 Å². The van der Waals surface area contributed by atoms with Crippen molar-refractivity contribution < 1.29 is 14.3 Å². The molecule has 2 amide bonds. The second-order valence-electron chi connectivity index (χ2n) is 11.6. The molecule has 3 aliphatic rings. The van der Waals surface area contributed by atoms with Crippen LogP contribution in [-0.2, 0) is 11.3 Å². The van der Waals surface area contributed by atoms with E-state index in [4.69, 9.17) is 4.74 Å². The highest BCUT2D eigenvalue weighted by Gasteiger charge is 2.35. The zero-order valence-electron chi connectivity index (χ0n) is 22.8. The van der Waals surface area contributed by atoms with E-state index in [1.807, 2.05) is 77.5 Å². The van der Waals surface area contributed by atoms with Crippen molar-refractivity contribution in [1.29, 1.82) is 0 Å². The maximum absolute atomic E-state index is 13.0. The molecule has 6 heteroatoms. The molecule has 1 aliphatic heterocycles. The van der Waals surface area contributed by atoms with Crippen LogP contribution >= 0.6 is 0 Å². The first kappa shape index (κ1) is 26.7. The summed E-state index contributed by atoms with van der Waals surface area (Å²) in [7, 11) is 1.96. The maximum Gasteiger partial charge on any atom is 0.410 e. The van der Waals surface area contributed by atoms with Crippen LogP contribution in [0.5, 0.6) is 0 Å². The second kappa shape index (κ2) is 12.8. The summed E-state index contributed by atoms with van der Waals surface area (Å²) < 4.78 is 5.73. The minimum atomic E-state index is -0.148. The van der Waals surface area contributed by atoms with Gasteiger partial charge in [-0.25, -0.2) is 4.79 Å². The largest absolute Gasteiger partial charge is 0.445 e. The zero-order valence-corrected chi connectivity index (χ0v) is 22.8. The number of nitrogens with zero attached hydrogens (tertiary/aromatic N) is 3.